The Morgan fingerprint density at radius 3 is 2.46 bits per heavy atom. The minimum Gasteiger partial charge on any atom is -0.466 e. The van der Waals surface area contributed by atoms with E-state index in [1.165, 1.54) is 17.3 Å². The molecular formula is C30H37N3O5S. The first-order chi connectivity index (χ1) is 18.7. The predicted molar refractivity (Wildman–Crippen MR) is 153 cm³/mol. The van der Waals surface area contributed by atoms with E-state index in [4.69, 9.17) is 14.5 Å². The highest BCUT2D eigenvalue weighted by Gasteiger charge is 2.41. The molecule has 1 aromatic carbocycles. The Hall–Kier alpha value is -3.33. The van der Waals surface area contributed by atoms with Crippen molar-refractivity contribution < 1.29 is 23.9 Å². The molecule has 3 aliphatic heterocycles. The molecule has 1 saturated heterocycles. The molecule has 1 fully saturated rings. The molecule has 39 heavy (non-hydrogen) atoms. The van der Waals surface area contributed by atoms with Crippen molar-refractivity contribution >= 4 is 34.8 Å². The number of benzene rings is 1. The molecule has 8 nitrogen and oxygen atoms in total. The molecular weight excluding hydrogens is 514 g/mol. The molecule has 1 aromatic rings. The Bertz CT molecular complexity index is 1210. The second-order valence-electron chi connectivity index (χ2n) is 10.2. The van der Waals surface area contributed by atoms with Gasteiger partial charge in [0.2, 0.25) is 5.91 Å². The van der Waals surface area contributed by atoms with Crippen LogP contribution in [0.1, 0.15) is 70.0 Å². The maximum absolute atomic E-state index is 13.4. The summed E-state index contributed by atoms with van der Waals surface area (Å²) in [5.74, 6) is -0.428. The lowest BCUT2D eigenvalue weighted by molar-refractivity contribution is -0.151. The standard InChI is InChI=1S/C30H37N3O5S/c1-6-16-38-29(36)26-20(5)31-30-33(27(26)22-10-8-21(9-11-22)19(3)4)24(18-39-30)17-25(34)32-14-12-23(13-15-32)28(35)37-7-2/h6,8-11,18-19,23,27H,1,7,12-17H2,2-5H3. The molecule has 0 saturated carbocycles. The quantitative estimate of drug-likeness (QED) is 0.304. The van der Waals surface area contributed by atoms with E-state index < -0.39 is 12.0 Å². The third-order valence-electron chi connectivity index (χ3n) is 7.27. The minimum atomic E-state index is -0.473. The van der Waals surface area contributed by atoms with Gasteiger partial charge in [-0.15, -0.1) is 0 Å². The van der Waals surface area contributed by atoms with Crippen molar-refractivity contribution in [2.45, 2.75) is 58.9 Å². The number of allylic oxidation sites excluding steroid dienone is 1. The molecule has 3 aliphatic rings. The average Bonchev–Trinajstić information content (AvgIpc) is 3.32. The molecule has 208 valence electrons. The Morgan fingerprint density at radius 2 is 1.85 bits per heavy atom. The minimum absolute atomic E-state index is 0.0126. The zero-order valence-corrected chi connectivity index (χ0v) is 24.0. The summed E-state index contributed by atoms with van der Waals surface area (Å²) in [4.78, 5) is 47.3. The van der Waals surface area contributed by atoms with Gasteiger partial charge in [0.05, 0.1) is 36.3 Å². The van der Waals surface area contributed by atoms with Gasteiger partial charge in [-0.25, -0.2) is 9.79 Å². The predicted octanol–water partition coefficient (Wildman–Crippen LogP) is 5.31. The van der Waals surface area contributed by atoms with Crippen LogP contribution in [-0.2, 0) is 23.9 Å². The lowest BCUT2D eigenvalue weighted by atomic mass is 9.91. The number of hydrogen-bond acceptors (Lipinski definition) is 8. The number of likely N-dealkylation sites (tertiary alicyclic amines) is 1. The molecule has 3 heterocycles. The van der Waals surface area contributed by atoms with E-state index in [0.29, 0.717) is 49.7 Å². The summed E-state index contributed by atoms with van der Waals surface area (Å²) in [6.07, 6.45) is 2.91. The van der Waals surface area contributed by atoms with Crippen molar-refractivity contribution in [1.82, 2.24) is 9.80 Å². The van der Waals surface area contributed by atoms with Gasteiger partial charge in [0.1, 0.15) is 6.61 Å². The van der Waals surface area contributed by atoms with Crippen LogP contribution in [0.25, 0.3) is 0 Å². The molecule has 0 bridgehead atoms. The molecule has 1 atom stereocenters. The third-order valence-corrected chi connectivity index (χ3v) is 8.16. The van der Waals surface area contributed by atoms with E-state index in [-0.39, 0.29) is 30.8 Å². The molecule has 0 aromatic heterocycles. The van der Waals surface area contributed by atoms with E-state index in [2.05, 4.69) is 32.6 Å². The molecule has 0 radical (unpaired) electrons. The van der Waals surface area contributed by atoms with Crippen molar-refractivity contribution in [1.29, 1.82) is 0 Å². The highest BCUT2D eigenvalue weighted by Crippen LogP contribution is 2.45. The van der Waals surface area contributed by atoms with Crippen LogP contribution >= 0.6 is 11.8 Å². The Morgan fingerprint density at radius 1 is 1.15 bits per heavy atom. The number of carbonyl (C=O) groups is 3. The number of nitrogens with zero attached hydrogens (tertiary/aromatic N) is 3. The Balaban J connectivity index is 1.57. The third kappa shape index (κ3) is 6.30. The van der Waals surface area contributed by atoms with E-state index in [9.17, 15) is 14.4 Å². The van der Waals surface area contributed by atoms with Crippen LogP contribution < -0.4 is 0 Å². The summed E-state index contributed by atoms with van der Waals surface area (Å²) in [6, 6.07) is 7.77. The lowest BCUT2D eigenvalue weighted by Crippen LogP contribution is -2.42. The van der Waals surface area contributed by atoms with Crippen LogP contribution in [0.2, 0.25) is 0 Å². The van der Waals surface area contributed by atoms with Gasteiger partial charge in [0.25, 0.3) is 0 Å². The number of amidine groups is 1. The number of fused-ring (bicyclic) bond motifs is 1. The van der Waals surface area contributed by atoms with Gasteiger partial charge in [0.15, 0.2) is 5.17 Å². The summed E-state index contributed by atoms with van der Waals surface area (Å²) in [6.45, 7) is 13.1. The second-order valence-corrected chi connectivity index (χ2v) is 11.0. The smallest absolute Gasteiger partial charge is 0.338 e. The fourth-order valence-electron chi connectivity index (χ4n) is 5.11. The normalized spacial score (nSPS) is 19.5. The fourth-order valence-corrected chi connectivity index (χ4v) is 6.08. The molecule has 9 heteroatoms. The Kier molecular flexibility index (Phi) is 9.32. The number of ether oxygens (including phenoxy) is 2. The van der Waals surface area contributed by atoms with Crippen LogP contribution in [0, 0.1) is 5.92 Å². The van der Waals surface area contributed by atoms with E-state index >= 15 is 0 Å². The van der Waals surface area contributed by atoms with E-state index in [1.54, 1.807) is 13.0 Å². The molecule has 0 N–H and O–H groups in total. The summed E-state index contributed by atoms with van der Waals surface area (Å²) >= 11 is 1.45. The first-order valence-electron chi connectivity index (χ1n) is 13.5. The van der Waals surface area contributed by atoms with Crippen LogP contribution in [0.3, 0.4) is 0 Å². The van der Waals surface area contributed by atoms with Gasteiger partial charge in [0, 0.05) is 18.8 Å². The van der Waals surface area contributed by atoms with Crippen LogP contribution in [-0.4, -0.2) is 59.1 Å². The Labute approximate surface area is 234 Å². The largest absolute Gasteiger partial charge is 0.466 e. The topological polar surface area (TPSA) is 88.5 Å². The monoisotopic (exact) mass is 551 g/mol. The number of carbonyl (C=O) groups excluding carboxylic acids is 3. The van der Waals surface area contributed by atoms with Crippen molar-refractivity contribution in [3.8, 4) is 0 Å². The lowest BCUT2D eigenvalue weighted by Gasteiger charge is -2.37. The number of piperidine rings is 1. The molecule has 0 spiro atoms. The van der Waals surface area contributed by atoms with Gasteiger partial charge < -0.3 is 19.3 Å². The van der Waals surface area contributed by atoms with Gasteiger partial charge >= 0.3 is 11.9 Å². The van der Waals surface area contributed by atoms with Crippen molar-refractivity contribution in [3.63, 3.8) is 0 Å². The number of aliphatic imine (C=N–C) groups is 1. The maximum Gasteiger partial charge on any atom is 0.338 e. The van der Waals surface area contributed by atoms with Gasteiger partial charge in [-0.1, -0.05) is 62.5 Å². The number of hydrogen-bond donors (Lipinski definition) is 0. The SMILES string of the molecule is C=CCOC(=O)C1=C(C)N=C2SC=C(CC(=O)N3CCC(C(=O)OCC)CC3)N2C1c1ccc(C(C)C)cc1. The van der Waals surface area contributed by atoms with Crippen molar-refractivity contribution in [3.05, 3.63) is 70.4 Å². The summed E-state index contributed by atoms with van der Waals surface area (Å²) in [7, 11) is 0. The zero-order chi connectivity index (χ0) is 28.1. The molecule has 4 rings (SSSR count). The second kappa shape index (κ2) is 12.7. The fraction of sp³-hybridized carbons (Fsp3) is 0.467. The van der Waals surface area contributed by atoms with Gasteiger partial charge in [-0.05, 0) is 49.1 Å². The number of thioether (sulfide) groups is 1. The average molecular weight is 552 g/mol. The zero-order valence-electron chi connectivity index (χ0n) is 23.1. The number of rotatable bonds is 9. The molecule has 1 amide bonds. The van der Waals surface area contributed by atoms with Crippen LogP contribution in [0.4, 0.5) is 0 Å². The van der Waals surface area contributed by atoms with Crippen molar-refractivity contribution in [2.24, 2.45) is 10.9 Å². The van der Waals surface area contributed by atoms with E-state index in [1.807, 2.05) is 34.3 Å². The van der Waals surface area contributed by atoms with Gasteiger partial charge in [-0.2, -0.15) is 0 Å². The summed E-state index contributed by atoms with van der Waals surface area (Å²) in [5, 5.41) is 2.68. The van der Waals surface area contributed by atoms with Crippen LogP contribution in [0.5, 0.6) is 0 Å². The molecule has 0 aliphatic carbocycles. The first-order valence-corrected chi connectivity index (χ1v) is 14.4. The van der Waals surface area contributed by atoms with Crippen LogP contribution in [0.15, 0.2) is 64.3 Å². The number of amides is 1. The number of esters is 2. The van der Waals surface area contributed by atoms with Crippen molar-refractivity contribution in [2.75, 3.05) is 26.3 Å². The summed E-state index contributed by atoms with van der Waals surface area (Å²) < 4.78 is 10.6. The first kappa shape index (κ1) is 28.7. The van der Waals surface area contributed by atoms with E-state index in [0.717, 1.165) is 16.4 Å². The highest BCUT2D eigenvalue weighted by molar-refractivity contribution is 8.16. The maximum atomic E-state index is 13.4. The summed E-state index contributed by atoms with van der Waals surface area (Å²) in [5.41, 5.74) is 3.97. The van der Waals surface area contributed by atoms with Gasteiger partial charge in [-0.3, -0.25) is 9.59 Å². The molecule has 1 unspecified atom stereocenters. The highest BCUT2D eigenvalue weighted by atomic mass is 32.2.